The number of rotatable bonds is 5. The van der Waals surface area contributed by atoms with Crippen LogP contribution in [-0.2, 0) is 5.41 Å². The van der Waals surface area contributed by atoms with E-state index in [9.17, 15) is 4.79 Å². The molecule has 29 heavy (non-hydrogen) atoms. The second kappa shape index (κ2) is 8.21. The molecule has 0 saturated heterocycles. The van der Waals surface area contributed by atoms with Crippen LogP contribution in [0.5, 0.6) is 5.75 Å². The summed E-state index contributed by atoms with van der Waals surface area (Å²) in [5, 5.41) is 1.88. The molecule has 0 radical (unpaired) electrons. The Balaban J connectivity index is 1.54. The second-order valence-electron chi connectivity index (χ2n) is 8.03. The van der Waals surface area contributed by atoms with Gasteiger partial charge in [0.1, 0.15) is 5.75 Å². The van der Waals surface area contributed by atoms with Gasteiger partial charge >= 0.3 is 0 Å². The minimum absolute atomic E-state index is 0.00363. The molecule has 4 rings (SSSR count). The number of pyridine rings is 1. The third-order valence-electron chi connectivity index (χ3n) is 6.44. The Labute approximate surface area is 176 Å². The Morgan fingerprint density at radius 3 is 2.62 bits per heavy atom. The van der Waals surface area contributed by atoms with E-state index in [2.05, 4.69) is 42.2 Å². The first-order chi connectivity index (χ1) is 14.0. The standard InChI is InChI=1S/C24H27ClN2O2/c1-2-22(26)24(17-6-4-3-5-7-17)11-8-18(9-12-24)29-21-14-16-10-13-27-23(28)19(16)15-20(21)25/h3-7,10,13-15,18,22H,2,8-9,11-12,26H2,1H3,(H,27,28)/t18-,22-,24-/m0/s1. The summed E-state index contributed by atoms with van der Waals surface area (Å²) < 4.78 is 6.29. The number of ether oxygens (including phenoxy) is 1. The predicted molar refractivity (Wildman–Crippen MR) is 119 cm³/mol. The zero-order valence-electron chi connectivity index (χ0n) is 16.7. The molecule has 3 N–H and O–H groups in total. The maximum atomic E-state index is 12.0. The molecule has 1 heterocycles. The van der Waals surface area contributed by atoms with E-state index in [1.807, 2.05) is 12.1 Å². The van der Waals surface area contributed by atoms with E-state index in [0.29, 0.717) is 16.2 Å². The van der Waals surface area contributed by atoms with Crippen molar-refractivity contribution in [2.75, 3.05) is 0 Å². The van der Waals surface area contributed by atoms with Crippen LogP contribution in [0.2, 0.25) is 5.02 Å². The normalized spacial score (nSPS) is 23.1. The Hall–Kier alpha value is -2.30. The van der Waals surface area contributed by atoms with Crippen LogP contribution in [0.15, 0.2) is 59.5 Å². The Bertz CT molecular complexity index is 1040. The van der Waals surface area contributed by atoms with Gasteiger partial charge in [0, 0.05) is 23.0 Å². The number of halogens is 1. The SMILES string of the molecule is CC[C@H](N)[C@]1(c2ccccc2)CC[C@@H](Oc2cc3cc[nH]c(=O)c3cc2Cl)CC1. The van der Waals surface area contributed by atoms with Crippen LogP contribution in [0.3, 0.4) is 0 Å². The minimum atomic E-state index is -0.144. The molecule has 1 fully saturated rings. The number of nitrogens with two attached hydrogens (primary N) is 1. The van der Waals surface area contributed by atoms with Crippen molar-refractivity contribution in [2.24, 2.45) is 5.73 Å². The zero-order chi connectivity index (χ0) is 20.4. The largest absolute Gasteiger partial charge is 0.489 e. The second-order valence-corrected chi connectivity index (χ2v) is 8.44. The van der Waals surface area contributed by atoms with Gasteiger partial charge in [0.2, 0.25) is 0 Å². The lowest BCUT2D eigenvalue weighted by Crippen LogP contribution is -2.48. The van der Waals surface area contributed by atoms with Gasteiger partial charge < -0.3 is 15.5 Å². The molecule has 0 amide bonds. The maximum absolute atomic E-state index is 12.0. The molecular weight excluding hydrogens is 384 g/mol. The van der Waals surface area contributed by atoms with Gasteiger partial charge in [-0.2, -0.15) is 0 Å². The highest BCUT2D eigenvalue weighted by molar-refractivity contribution is 6.32. The van der Waals surface area contributed by atoms with Crippen molar-refractivity contribution in [3.8, 4) is 5.75 Å². The molecule has 4 nitrogen and oxygen atoms in total. The monoisotopic (exact) mass is 410 g/mol. The zero-order valence-corrected chi connectivity index (χ0v) is 17.4. The molecule has 0 unspecified atom stereocenters. The van der Waals surface area contributed by atoms with Gasteiger partial charge in [-0.05, 0) is 61.3 Å². The van der Waals surface area contributed by atoms with Crippen molar-refractivity contribution in [3.05, 3.63) is 75.7 Å². The first-order valence-electron chi connectivity index (χ1n) is 10.3. The summed E-state index contributed by atoms with van der Waals surface area (Å²) in [6, 6.07) is 16.2. The molecule has 1 atom stereocenters. The number of H-pyrrole nitrogens is 1. The summed E-state index contributed by atoms with van der Waals surface area (Å²) in [5.41, 5.74) is 7.80. The predicted octanol–water partition coefficient (Wildman–Crippen LogP) is 5.18. The number of fused-ring (bicyclic) bond motifs is 1. The van der Waals surface area contributed by atoms with E-state index in [1.165, 1.54) is 5.56 Å². The molecule has 0 spiro atoms. The van der Waals surface area contributed by atoms with Crippen molar-refractivity contribution < 1.29 is 4.74 Å². The molecule has 3 aromatic rings. The van der Waals surface area contributed by atoms with Crippen LogP contribution in [0.1, 0.15) is 44.6 Å². The van der Waals surface area contributed by atoms with E-state index in [1.54, 1.807) is 12.3 Å². The third-order valence-corrected chi connectivity index (χ3v) is 6.74. The van der Waals surface area contributed by atoms with Crippen LogP contribution < -0.4 is 16.0 Å². The van der Waals surface area contributed by atoms with Crippen molar-refractivity contribution in [1.82, 2.24) is 4.98 Å². The van der Waals surface area contributed by atoms with Crippen LogP contribution in [0.25, 0.3) is 10.8 Å². The third kappa shape index (κ3) is 3.79. The molecule has 1 saturated carbocycles. The Morgan fingerprint density at radius 2 is 1.93 bits per heavy atom. The summed E-state index contributed by atoms with van der Waals surface area (Å²) >= 11 is 6.42. The first kappa shape index (κ1) is 20.0. The lowest BCUT2D eigenvalue weighted by molar-refractivity contribution is 0.104. The summed E-state index contributed by atoms with van der Waals surface area (Å²) in [4.78, 5) is 14.6. The van der Waals surface area contributed by atoms with Crippen molar-refractivity contribution in [2.45, 2.75) is 56.6 Å². The molecule has 0 bridgehead atoms. The highest BCUT2D eigenvalue weighted by Crippen LogP contribution is 2.44. The number of nitrogens with one attached hydrogen (secondary N) is 1. The molecule has 1 aliphatic rings. The van der Waals surface area contributed by atoms with Gasteiger partial charge in [0.15, 0.2) is 0 Å². The highest BCUT2D eigenvalue weighted by atomic mass is 35.5. The number of benzene rings is 2. The average molecular weight is 411 g/mol. The summed E-state index contributed by atoms with van der Waals surface area (Å²) in [6.07, 6.45) is 6.50. The molecule has 152 valence electrons. The van der Waals surface area contributed by atoms with Gasteiger partial charge in [-0.1, -0.05) is 48.9 Å². The Morgan fingerprint density at radius 1 is 1.21 bits per heavy atom. The first-order valence-corrected chi connectivity index (χ1v) is 10.7. The smallest absolute Gasteiger partial charge is 0.255 e. The van der Waals surface area contributed by atoms with Crippen molar-refractivity contribution in [3.63, 3.8) is 0 Å². The van der Waals surface area contributed by atoms with Crippen molar-refractivity contribution in [1.29, 1.82) is 0 Å². The Kier molecular flexibility index (Phi) is 5.66. The number of hydrogen-bond donors (Lipinski definition) is 2. The molecule has 5 heteroatoms. The summed E-state index contributed by atoms with van der Waals surface area (Å²) in [5.74, 6) is 0.641. The van der Waals surface area contributed by atoms with E-state index < -0.39 is 0 Å². The summed E-state index contributed by atoms with van der Waals surface area (Å²) in [6.45, 7) is 2.16. The van der Waals surface area contributed by atoms with E-state index in [-0.39, 0.29) is 23.1 Å². The highest BCUT2D eigenvalue weighted by Gasteiger charge is 2.41. The minimum Gasteiger partial charge on any atom is -0.489 e. The van der Waals surface area contributed by atoms with E-state index in [4.69, 9.17) is 22.1 Å². The van der Waals surface area contributed by atoms with Gasteiger partial charge in [-0.3, -0.25) is 4.79 Å². The number of aromatic nitrogens is 1. The fraction of sp³-hybridized carbons (Fsp3) is 0.375. The van der Waals surface area contributed by atoms with Gasteiger partial charge in [-0.25, -0.2) is 0 Å². The summed E-state index contributed by atoms with van der Waals surface area (Å²) in [7, 11) is 0. The number of hydrogen-bond acceptors (Lipinski definition) is 3. The maximum Gasteiger partial charge on any atom is 0.255 e. The number of aromatic amines is 1. The lowest BCUT2D eigenvalue weighted by Gasteiger charge is -2.44. The topological polar surface area (TPSA) is 68.1 Å². The molecule has 2 aromatic carbocycles. The lowest BCUT2D eigenvalue weighted by atomic mass is 9.64. The van der Waals surface area contributed by atoms with Crippen LogP contribution in [0.4, 0.5) is 0 Å². The van der Waals surface area contributed by atoms with Gasteiger partial charge in [0.05, 0.1) is 11.1 Å². The van der Waals surface area contributed by atoms with Crippen molar-refractivity contribution >= 4 is 22.4 Å². The van der Waals surface area contributed by atoms with Gasteiger partial charge in [-0.15, -0.1) is 0 Å². The molecular formula is C24H27ClN2O2. The molecule has 1 aromatic heterocycles. The van der Waals surface area contributed by atoms with Crippen LogP contribution in [0, 0.1) is 0 Å². The van der Waals surface area contributed by atoms with Crippen LogP contribution >= 0.6 is 11.6 Å². The van der Waals surface area contributed by atoms with E-state index in [0.717, 1.165) is 37.5 Å². The molecule has 1 aliphatic carbocycles. The fourth-order valence-electron chi connectivity index (χ4n) is 4.72. The fourth-order valence-corrected chi connectivity index (χ4v) is 4.93. The molecule has 0 aliphatic heterocycles. The average Bonchev–Trinajstić information content (AvgIpc) is 2.76. The van der Waals surface area contributed by atoms with Gasteiger partial charge in [0.25, 0.3) is 5.56 Å². The quantitative estimate of drug-likeness (QED) is 0.609. The van der Waals surface area contributed by atoms with Crippen LogP contribution in [-0.4, -0.2) is 17.1 Å². The van der Waals surface area contributed by atoms with E-state index >= 15 is 0 Å².